The average Bonchev–Trinajstić information content (AvgIpc) is 2.87. The zero-order valence-electron chi connectivity index (χ0n) is 14.6. The van der Waals surface area contributed by atoms with Crippen molar-refractivity contribution in [3.05, 3.63) is 12.2 Å². The number of aliphatic hydroxyl groups is 4. The number of hydrogen-bond acceptors (Lipinski definition) is 5. The minimum absolute atomic E-state index is 0.0147. The number of hydrogen-bond donors (Lipinski definition) is 4. The fourth-order valence-corrected chi connectivity index (χ4v) is 10.6. The topological polar surface area (TPSA) is 84.2 Å². The summed E-state index contributed by atoms with van der Waals surface area (Å²) in [6, 6.07) is 0.104. The van der Waals surface area contributed by atoms with Gasteiger partial charge >= 0.3 is 0 Å². The first-order chi connectivity index (χ1) is 11.7. The van der Waals surface area contributed by atoms with Crippen LogP contribution in [-0.2, 0) is 0 Å². The summed E-state index contributed by atoms with van der Waals surface area (Å²) >= 11 is 0. The van der Waals surface area contributed by atoms with Gasteiger partial charge in [0.25, 0.3) is 0 Å². The molecule has 2 spiro atoms. The van der Waals surface area contributed by atoms with Gasteiger partial charge in [0.1, 0.15) is 5.72 Å². The van der Waals surface area contributed by atoms with Gasteiger partial charge in [0, 0.05) is 35.8 Å². The van der Waals surface area contributed by atoms with Crippen molar-refractivity contribution in [2.24, 2.45) is 39.9 Å². The molecule has 0 amide bonds. The number of rotatable bonds is 0. The summed E-state index contributed by atoms with van der Waals surface area (Å²) in [5.41, 5.74) is -0.618. The van der Waals surface area contributed by atoms with Crippen LogP contribution in [0.2, 0.25) is 0 Å². The molecule has 3 heterocycles. The third-order valence-corrected chi connectivity index (χ3v) is 10.3. The van der Waals surface area contributed by atoms with Gasteiger partial charge < -0.3 is 20.4 Å². The fraction of sp³-hybridized carbons (Fsp3) is 0.900. The molecule has 4 N–H and O–H groups in total. The van der Waals surface area contributed by atoms with Crippen LogP contribution in [0.1, 0.15) is 32.6 Å². The Balaban J connectivity index is 1.57. The maximum Gasteiger partial charge on any atom is 0.123 e. The molecule has 13 atom stereocenters. The lowest BCUT2D eigenvalue weighted by Crippen LogP contribution is -2.71. The molecule has 9 aliphatic rings. The van der Waals surface area contributed by atoms with Gasteiger partial charge in [-0.3, -0.25) is 4.90 Å². The van der Waals surface area contributed by atoms with E-state index in [-0.39, 0.29) is 34.6 Å². The van der Waals surface area contributed by atoms with Gasteiger partial charge in [0.15, 0.2) is 0 Å². The minimum Gasteiger partial charge on any atom is -0.392 e. The number of piperidine rings is 2. The molecule has 25 heavy (non-hydrogen) atoms. The van der Waals surface area contributed by atoms with E-state index in [0.29, 0.717) is 18.8 Å². The zero-order chi connectivity index (χ0) is 17.3. The van der Waals surface area contributed by atoms with E-state index >= 15 is 0 Å². The number of fused-ring (bicyclic) bond motifs is 1. The zero-order valence-corrected chi connectivity index (χ0v) is 14.6. The van der Waals surface area contributed by atoms with Gasteiger partial charge in [0.2, 0.25) is 0 Å². The van der Waals surface area contributed by atoms with E-state index in [1.165, 1.54) is 0 Å². The van der Waals surface area contributed by atoms with E-state index in [2.05, 4.69) is 18.4 Å². The Morgan fingerprint density at radius 2 is 2.00 bits per heavy atom. The van der Waals surface area contributed by atoms with Crippen LogP contribution in [0.5, 0.6) is 0 Å². The fourth-order valence-electron chi connectivity index (χ4n) is 10.6. The lowest BCUT2D eigenvalue weighted by molar-refractivity contribution is -0.274. The Morgan fingerprint density at radius 1 is 1.24 bits per heavy atom. The van der Waals surface area contributed by atoms with Gasteiger partial charge in [-0.25, -0.2) is 0 Å². The molecule has 136 valence electrons. The largest absolute Gasteiger partial charge is 0.392 e. The molecule has 9 bridgehead atoms. The van der Waals surface area contributed by atoms with Crippen LogP contribution < -0.4 is 0 Å². The van der Waals surface area contributed by atoms with Crippen LogP contribution in [0, 0.1) is 39.9 Å². The number of aliphatic hydroxyl groups excluding tert-OH is 3. The van der Waals surface area contributed by atoms with E-state index in [4.69, 9.17) is 0 Å². The van der Waals surface area contributed by atoms with Crippen LogP contribution in [0.15, 0.2) is 12.2 Å². The van der Waals surface area contributed by atoms with Crippen molar-refractivity contribution in [2.45, 2.75) is 62.7 Å². The van der Waals surface area contributed by atoms with E-state index in [0.717, 1.165) is 25.0 Å². The summed E-state index contributed by atoms with van der Waals surface area (Å²) in [5.74, 6) is 0.477. The van der Waals surface area contributed by atoms with Crippen molar-refractivity contribution in [1.82, 2.24) is 4.90 Å². The van der Waals surface area contributed by atoms with Crippen molar-refractivity contribution in [2.75, 3.05) is 6.54 Å². The van der Waals surface area contributed by atoms with Crippen LogP contribution in [0.4, 0.5) is 0 Å². The summed E-state index contributed by atoms with van der Waals surface area (Å²) in [5, 5.41) is 45.3. The Bertz CT molecular complexity index is 756. The van der Waals surface area contributed by atoms with Gasteiger partial charge in [-0.1, -0.05) is 19.1 Å². The van der Waals surface area contributed by atoms with E-state index in [1.54, 1.807) is 0 Å². The monoisotopic (exact) mass is 345 g/mol. The molecule has 9 rings (SSSR count). The predicted octanol–water partition coefficient (Wildman–Crippen LogP) is 0.0840. The van der Waals surface area contributed by atoms with E-state index < -0.39 is 29.5 Å². The second kappa shape index (κ2) is 3.49. The molecule has 6 saturated carbocycles. The molecule has 0 aromatic carbocycles. The Kier molecular flexibility index (Phi) is 2.04. The highest BCUT2D eigenvalue weighted by Crippen LogP contribution is 2.88. The maximum atomic E-state index is 11.9. The summed E-state index contributed by atoms with van der Waals surface area (Å²) in [6.07, 6.45) is 0.976. The molecule has 0 aromatic heterocycles. The molecule has 9 fully saturated rings. The second-order valence-electron chi connectivity index (χ2n) is 10.9. The number of nitrogens with zero attached hydrogens (tertiary/aromatic N) is 1. The average molecular weight is 345 g/mol. The molecule has 5 heteroatoms. The highest BCUT2D eigenvalue weighted by Gasteiger charge is 2.94. The third-order valence-electron chi connectivity index (χ3n) is 10.3. The highest BCUT2D eigenvalue weighted by molar-refractivity contribution is 5.44. The first-order valence-electron chi connectivity index (χ1n) is 9.93. The smallest absolute Gasteiger partial charge is 0.123 e. The lowest BCUT2D eigenvalue weighted by atomic mass is 9.39. The van der Waals surface area contributed by atoms with Crippen LogP contribution >= 0.6 is 0 Å². The van der Waals surface area contributed by atoms with Gasteiger partial charge in [-0.15, -0.1) is 0 Å². The lowest BCUT2D eigenvalue weighted by Gasteiger charge is -2.67. The molecule has 3 aliphatic heterocycles. The highest BCUT2D eigenvalue weighted by atomic mass is 16.3. The van der Waals surface area contributed by atoms with Gasteiger partial charge in [-0.2, -0.15) is 0 Å². The van der Waals surface area contributed by atoms with Crippen molar-refractivity contribution in [1.29, 1.82) is 0 Å². The minimum atomic E-state index is -0.877. The molecule has 0 aromatic rings. The Labute approximate surface area is 147 Å². The molecular weight excluding hydrogens is 318 g/mol. The molecule has 5 nitrogen and oxygen atoms in total. The first kappa shape index (κ1) is 14.6. The SMILES string of the molecule is C=C1C[C@]23C[C@@]4(O)[C@@H]5[C@@]6(C)C[C@H](O)[C@@H](O)[C@@]57[C@@H]2[C@H](O)[C@@H]1C[C@@H]3[C@H]7N4C6. The Hall–Kier alpha value is -0.460. The molecule has 3 saturated heterocycles. The molecule has 1 unspecified atom stereocenters. The summed E-state index contributed by atoms with van der Waals surface area (Å²) < 4.78 is 0. The van der Waals surface area contributed by atoms with Gasteiger partial charge in [0.05, 0.1) is 18.3 Å². The van der Waals surface area contributed by atoms with Crippen LogP contribution in [0.3, 0.4) is 0 Å². The van der Waals surface area contributed by atoms with Crippen molar-refractivity contribution >= 4 is 0 Å². The maximum absolute atomic E-state index is 11.9. The van der Waals surface area contributed by atoms with Crippen LogP contribution in [-0.4, -0.2) is 61.9 Å². The Morgan fingerprint density at radius 3 is 2.76 bits per heavy atom. The van der Waals surface area contributed by atoms with Crippen molar-refractivity contribution < 1.29 is 20.4 Å². The first-order valence-corrected chi connectivity index (χ1v) is 9.93. The molecular formula is C20H27NO4. The molecule has 0 radical (unpaired) electrons. The normalized spacial score (nSPS) is 76.5. The summed E-state index contributed by atoms with van der Waals surface area (Å²) in [4.78, 5) is 2.30. The van der Waals surface area contributed by atoms with E-state index in [9.17, 15) is 20.4 Å². The van der Waals surface area contributed by atoms with Crippen LogP contribution in [0.25, 0.3) is 0 Å². The predicted molar refractivity (Wildman–Crippen MR) is 88.0 cm³/mol. The second-order valence-corrected chi connectivity index (χ2v) is 10.9. The molecule has 6 aliphatic carbocycles. The van der Waals surface area contributed by atoms with Crippen molar-refractivity contribution in [3.63, 3.8) is 0 Å². The standard InChI is InChI=1S/C20H27NO4/c1-8-4-18-6-19(25)16-17(2)5-11(22)15(24)20(16)13(18)12(23)9(8)3-10(18)14(20)21(19)7-17/h9-16,22-25H,1,3-7H2,2H3/t9-,10-,11+,12-,13-,14-,15-,16+,17+,18-,19-,20+/m1/s1. The quantitative estimate of drug-likeness (QED) is 0.468. The summed E-state index contributed by atoms with van der Waals surface area (Å²) in [6.45, 7) is 7.25. The van der Waals surface area contributed by atoms with Gasteiger partial charge in [-0.05, 0) is 42.4 Å². The van der Waals surface area contributed by atoms with E-state index in [1.807, 2.05) is 0 Å². The third kappa shape index (κ3) is 1.04. The van der Waals surface area contributed by atoms with Crippen molar-refractivity contribution in [3.8, 4) is 0 Å². The summed E-state index contributed by atoms with van der Waals surface area (Å²) in [7, 11) is 0.